The Balaban J connectivity index is 2.59. The second-order valence-electron chi connectivity index (χ2n) is 4.41. The van der Waals surface area contributed by atoms with Crippen LogP contribution in [0.25, 0.3) is 11.1 Å². The molecule has 2 nitrogen and oxygen atoms in total. The minimum atomic E-state index is 0.196. The van der Waals surface area contributed by atoms with Gasteiger partial charge in [-0.25, -0.2) is 0 Å². The van der Waals surface area contributed by atoms with Crippen LogP contribution in [-0.2, 0) is 12.8 Å². The van der Waals surface area contributed by atoms with Crippen LogP contribution in [0.3, 0.4) is 0 Å². The molecule has 2 aromatic rings. The first-order valence-electron chi connectivity index (χ1n) is 6.29. The van der Waals surface area contributed by atoms with Gasteiger partial charge in [0.25, 0.3) is 0 Å². The summed E-state index contributed by atoms with van der Waals surface area (Å²) in [6.45, 7) is 4.06. The average molecular weight is 242 g/mol. The largest absolute Gasteiger partial charge is 0.508 e. The summed E-state index contributed by atoms with van der Waals surface area (Å²) < 4.78 is 0. The Morgan fingerprint density at radius 2 is 1.72 bits per heavy atom. The quantitative estimate of drug-likeness (QED) is 0.802. The Morgan fingerprint density at radius 1 is 0.944 bits per heavy atom. The lowest BCUT2D eigenvalue weighted by Crippen LogP contribution is -1.88. The van der Waals surface area contributed by atoms with Gasteiger partial charge in [0.2, 0.25) is 0 Å². The molecule has 18 heavy (non-hydrogen) atoms. The van der Waals surface area contributed by atoms with E-state index >= 15 is 0 Å². The number of phenolic OH excluding ortho intramolecular Hbond substituents is 2. The minimum Gasteiger partial charge on any atom is -0.508 e. The molecular formula is C16H18O2. The molecule has 0 bridgehead atoms. The van der Waals surface area contributed by atoms with Crippen LogP contribution in [-0.4, -0.2) is 10.2 Å². The molecule has 0 radical (unpaired) electrons. The van der Waals surface area contributed by atoms with E-state index in [9.17, 15) is 10.2 Å². The third kappa shape index (κ3) is 2.33. The molecule has 0 fully saturated rings. The molecule has 94 valence electrons. The number of phenols is 2. The van der Waals surface area contributed by atoms with E-state index in [0.717, 1.165) is 17.5 Å². The first kappa shape index (κ1) is 12.5. The molecule has 0 aliphatic rings. The van der Waals surface area contributed by atoms with Crippen LogP contribution in [0.5, 0.6) is 11.5 Å². The van der Waals surface area contributed by atoms with Crippen molar-refractivity contribution < 1.29 is 10.2 Å². The van der Waals surface area contributed by atoms with Crippen molar-refractivity contribution >= 4 is 0 Å². The molecule has 0 aliphatic heterocycles. The monoisotopic (exact) mass is 242 g/mol. The fraction of sp³-hybridized carbons (Fsp3) is 0.250. The van der Waals surface area contributed by atoms with Crippen molar-refractivity contribution in [2.24, 2.45) is 0 Å². The first-order valence-corrected chi connectivity index (χ1v) is 6.29. The van der Waals surface area contributed by atoms with E-state index in [4.69, 9.17) is 0 Å². The zero-order valence-electron chi connectivity index (χ0n) is 10.8. The van der Waals surface area contributed by atoms with Gasteiger partial charge in [-0.15, -0.1) is 0 Å². The lowest BCUT2D eigenvalue weighted by Gasteiger charge is -2.11. The summed E-state index contributed by atoms with van der Waals surface area (Å²) in [4.78, 5) is 0. The molecule has 2 N–H and O–H groups in total. The summed E-state index contributed by atoms with van der Waals surface area (Å²) in [5.41, 5.74) is 3.62. The molecule has 0 aliphatic carbocycles. The highest BCUT2D eigenvalue weighted by molar-refractivity contribution is 5.74. The summed E-state index contributed by atoms with van der Waals surface area (Å²) in [6.07, 6.45) is 1.65. The number of hydrogen-bond acceptors (Lipinski definition) is 2. The summed E-state index contributed by atoms with van der Waals surface area (Å²) in [6, 6.07) is 11.3. The molecule has 0 saturated carbocycles. The van der Waals surface area contributed by atoms with Crippen molar-refractivity contribution in [3.63, 3.8) is 0 Å². The third-order valence-corrected chi connectivity index (χ3v) is 3.20. The van der Waals surface area contributed by atoms with Crippen LogP contribution < -0.4 is 0 Å². The fourth-order valence-corrected chi connectivity index (χ4v) is 2.13. The van der Waals surface area contributed by atoms with E-state index < -0.39 is 0 Å². The summed E-state index contributed by atoms with van der Waals surface area (Å²) >= 11 is 0. The van der Waals surface area contributed by atoms with Crippen LogP contribution in [0.4, 0.5) is 0 Å². The van der Waals surface area contributed by atoms with Gasteiger partial charge in [-0.2, -0.15) is 0 Å². The van der Waals surface area contributed by atoms with Crippen molar-refractivity contribution in [2.45, 2.75) is 26.7 Å². The molecule has 0 heterocycles. The molecule has 0 saturated heterocycles. The van der Waals surface area contributed by atoms with Gasteiger partial charge in [-0.05, 0) is 41.7 Å². The number of rotatable bonds is 3. The Kier molecular flexibility index (Phi) is 3.56. The molecule has 0 aromatic heterocycles. The summed E-state index contributed by atoms with van der Waals surface area (Å²) in [7, 11) is 0. The van der Waals surface area contributed by atoms with Crippen LogP contribution in [0.15, 0.2) is 36.4 Å². The van der Waals surface area contributed by atoms with E-state index in [-0.39, 0.29) is 11.5 Å². The number of benzene rings is 2. The van der Waals surface area contributed by atoms with Gasteiger partial charge in [-0.1, -0.05) is 38.1 Å². The van der Waals surface area contributed by atoms with Gasteiger partial charge in [-0.3, -0.25) is 0 Å². The average Bonchev–Trinajstić information content (AvgIpc) is 2.41. The molecule has 2 aromatic carbocycles. The topological polar surface area (TPSA) is 40.5 Å². The highest BCUT2D eigenvalue weighted by atomic mass is 16.3. The van der Waals surface area contributed by atoms with E-state index in [0.29, 0.717) is 12.0 Å². The van der Waals surface area contributed by atoms with Crippen LogP contribution in [0, 0.1) is 0 Å². The maximum absolute atomic E-state index is 10.2. The zero-order chi connectivity index (χ0) is 13.1. The van der Waals surface area contributed by atoms with E-state index in [2.05, 4.69) is 13.0 Å². The molecule has 2 rings (SSSR count). The highest BCUT2D eigenvalue weighted by Gasteiger charge is 2.10. The standard InChI is InChI=1S/C16H18O2/c1-3-11-6-5-7-13(8-11)15-10-14(17)9-12(4-2)16(15)18/h5-10,17-18H,3-4H2,1-2H3. The lowest BCUT2D eigenvalue weighted by molar-refractivity contribution is 0.456. The zero-order valence-corrected chi connectivity index (χ0v) is 10.8. The SMILES string of the molecule is CCc1cccc(-c2cc(O)cc(CC)c2O)c1. The number of aryl methyl sites for hydroxylation is 2. The molecule has 0 unspecified atom stereocenters. The summed E-state index contributed by atoms with van der Waals surface area (Å²) in [5, 5.41) is 19.9. The second kappa shape index (κ2) is 5.13. The fourth-order valence-electron chi connectivity index (χ4n) is 2.13. The van der Waals surface area contributed by atoms with E-state index in [1.807, 2.05) is 25.1 Å². The molecule has 0 amide bonds. The normalized spacial score (nSPS) is 10.6. The molecule has 2 heteroatoms. The van der Waals surface area contributed by atoms with Gasteiger partial charge in [0.05, 0.1) is 0 Å². The van der Waals surface area contributed by atoms with Gasteiger partial charge in [0.1, 0.15) is 11.5 Å². The van der Waals surface area contributed by atoms with Gasteiger partial charge >= 0.3 is 0 Å². The maximum atomic E-state index is 10.2. The predicted molar refractivity (Wildman–Crippen MR) is 74.0 cm³/mol. The second-order valence-corrected chi connectivity index (χ2v) is 4.41. The summed E-state index contributed by atoms with van der Waals surface area (Å²) in [5.74, 6) is 0.463. The Labute approximate surface area is 108 Å². The lowest BCUT2D eigenvalue weighted by atomic mass is 9.98. The molecule has 0 spiro atoms. The Bertz CT molecular complexity index is 559. The minimum absolute atomic E-state index is 0.196. The van der Waals surface area contributed by atoms with Crippen LogP contribution in [0.1, 0.15) is 25.0 Å². The van der Waals surface area contributed by atoms with Crippen LogP contribution >= 0.6 is 0 Å². The van der Waals surface area contributed by atoms with Gasteiger partial charge in [0.15, 0.2) is 0 Å². The molecular weight excluding hydrogens is 224 g/mol. The number of hydrogen-bond donors (Lipinski definition) is 2. The predicted octanol–water partition coefficient (Wildman–Crippen LogP) is 3.89. The van der Waals surface area contributed by atoms with Crippen molar-refractivity contribution in [1.29, 1.82) is 0 Å². The van der Waals surface area contributed by atoms with Gasteiger partial charge in [0, 0.05) is 5.56 Å². The Morgan fingerprint density at radius 3 is 2.39 bits per heavy atom. The maximum Gasteiger partial charge on any atom is 0.126 e. The Hall–Kier alpha value is -1.96. The van der Waals surface area contributed by atoms with Crippen molar-refractivity contribution in [1.82, 2.24) is 0 Å². The van der Waals surface area contributed by atoms with Crippen molar-refractivity contribution in [3.8, 4) is 22.6 Å². The van der Waals surface area contributed by atoms with Crippen molar-refractivity contribution in [3.05, 3.63) is 47.5 Å². The van der Waals surface area contributed by atoms with Gasteiger partial charge < -0.3 is 10.2 Å². The van der Waals surface area contributed by atoms with E-state index in [1.165, 1.54) is 5.56 Å². The van der Waals surface area contributed by atoms with E-state index in [1.54, 1.807) is 12.1 Å². The third-order valence-electron chi connectivity index (χ3n) is 3.20. The smallest absolute Gasteiger partial charge is 0.126 e. The van der Waals surface area contributed by atoms with Crippen molar-refractivity contribution in [2.75, 3.05) is 0 Å². The number of aromatic hydroxyl groups is 2. The first-order chi connectivity index (χ1) is 8.65. The highest BCUT2D eigenvalue weighted by Crippen LogP contribution is 2.36. The van der Waals surface area contributed by atoms with Crippen LogP contribution in [0.2, 0.25) is 0 Å². The molecule has 0 atom stereocenters.